The largest absolute Gasteiger partial charge is 0.431 e. The fraction of sp³-hybridized carbons (Fsp3) is 0.105. The van der Waals surface area contributed by atoms with Crippen molar-refractivity contribution < 1.29 is 14.1 Å². The molecule has 4 rings (SSSR count). The maximum absolute atomic E-state index is 12.2. The van der Waals surface area contributed by atoms with Gasteiger partial charge in [-0.05, 0) is 28.7 Å². The fourth-order valence-corrected chi connectivity index (χ4v) is 3.44. The number of carbonyl (C=O) groups excluding carboxylic acids is 1. The third kappa shape index (κ3) is 4.61. The molecule has 0 bridgehead atoms. The number of carbonyl (C=O) groups is 1. The van der Waals surface area contributed by atoms with Gasteiger partial charge in [-0.2, -0.15) is 4.68 Å². The summed E-state index contributed by atoms with van der Waals surface area (Å²) in [6.07, 6.45) is 1.38. The van der Waals surface area contributed by atoms with Crippen molar-refractivity contribution in [2.45, 2.75) is 17.5 Å². The summed E-state index contributed by atoms with van der Waals surface area (Å²) >= 11 is 1.49. The lowest BCUT2D eigenvalue weighted by molar-refractivity contribution is -0.389. The van der Waals surface area contributed by atoms with E-state index in [2.05, 4.69) is 15.4 Å². The van der Waals surface area contributed by atoms with Gasteiger partial charge in [0.15, 0.2) is 5.58 Å². The molecule has 1 amide bonds. The molecular formula is C19H15N5O4S. The van der Waals surface area contributed by atoms with Gasteiger partial charge < -0.3 is 19.8 Å². The number of hydrogen-bond acceptors (Lipinski definition) is 7. The van der Waals surface area contributed by atoms with Crippen LogP contribution in [0.3, 0.4) is 0 Å². The number of anilines is 1. The van der Waals surface area contributed by atoms with E-state index in [1.165, 1.54) is 34.3 Å². The zero-order valence-electron chi connectivity index (χ0n) is 15.0. The summed E-state index contributed by atoms with van der Waals surface area (Å²) in [7, 11) is 0. The highest BCUT2D eigenvalue weighted by Crippen LogP contribution is 2.27. The number of rotatable bonds is 7. The molecule has 10 heteroatoms. The second kappa shape index (κ2) is 8.15. The summed E-state index contributed by atoms with van der Waals surface area (Å²) in [6.45, 7) is -0.136. The SMILES string of the molecule is O=C(Cn1ccc([N+](=O)[O-])n1)Nc1ccc2oc(SCc3ccccc3)nc2c1. The van der Waals surface area contributed by atoms with E-state index in [1.54, 1.807) is 18.2 Å². The number of benzene rings is 2. The first-order valence-electron chi connectivity index (χ1n) is 8.62. The zero-order chi connectivity index (χ0) is 20.2. The molecule has 2 aromatic carbocycles. The molecule has 0 fully saturated rings. The Labute approximate surface area is 168 Å². The van der Waals surface area contributed by atoms with Crippen LogP contribution in [0.25, 0.3) is 11.1 Å². The van der Waals surface area contributed by atoms with Gasteiger partial charge in [0.2, 0.25) is 5.91 Å². The van der Waals surface area contributed by atoms with E-state index in [-0.39, 0.29) is 18.3 Å². The topological polar surface area (TPSA) is 116 Å². The molecule has 0 unspecified atom stereocenters. The van der Waals surface area contributed by atoms with Crippen LogP contribution in [0.4, 0.5) is 11.5 Å². The van der Waals surface area contributed by atoms with Crippen LogP contribution in [-0.2, 0) is 17.1 Å². The maximum Gasteiger partial charge on any atom is 0.389 e. The number of amides is 1. The molecule has 1 N–H and O–H groups in total. The van der Waals surface area contributed by atoms with Crippen LogP contribution >= 0.6 is 11.8 Å². The highest BCUT2D eigenvalue weighted by atomic mass is 32.2. The standard InChI is InChI=1S/C19H15N5O4S/c25-18(11-23-9-8-17(22-23)24(26)27)20-14-6-7-16-15(10-14)21-19(28-16)29-12-13-4-2-1-3-5-13/h1-10H,11-12H2,(H,20,25). The summed E-state index contributed by atoms with van der Waals surface area (Å²) in [5.74, 6) is 0.0830. The average molecular weight is 409 g/mol. The van der Waals surface area contributed by atoms with Crippen LogP contribution in [0, 0.1) is 10.1 Å². The van der Waals surface area contributed by atoms with Crippen LogP contribution < -0.4 is 5.32 Å². The van der Waals surface area contributed by atoms with Crippen molar-refractivity contribution in [3.8, 4) is 0 Å². The molecule has 146 valence electrons. The Bertz CT molecular complexity index is 1170. The third-order valence-corrected chi connectivity index (χ3v) is 4.88. The molecule has 0 saturated carbocycles. The summed E-state index contributed by atoms with van der Waals surface area (Å²) < 4.78 is 6.94. The highest BCUT2D eigenvalue weighted by molar-refractivity contribution is 7.98. The van der Waals surface area contributed by atoms with Gasteiger partial charge in [-0.3, -0.25) is 4.79 Å². The molecule has 0 saturated heterocycles. The normalized spacial score (nSPS) is 10.9. The zero-order valence-corrected chi connectivity index (χ0v) is 15.8. The van der Waals surface area contributed by atoms with Gasteiger partial charge in [-0.15, -0.1) is 0 Å². The molecule has 0 aliphatic heterocycles. The van der Waals surface area contributed by atoms with Gasteiger partial charge in [0.05, 0.1) is 17.4 Å². The van der Waals surface area contributed by atoms with E-state index in [0.717, 1.165) is 5.75 Å². The lowest BCUT2D eigenvalue weighted by atomic mass is 10.2. The van der Waals surface area contributed by atoms with Crippen LogP contribution in [0.1, 0.15) is 5.56 Å². The summed E-state index contributed by atoms with van der Waals surface area (Å²) in [4.78, 5) is 26.7. The Morgan fingerprint density at radius 1 is 1.21 bits per heavy atom. The van der Waals surface area contributed by atoms with Gasteiger partial charge in [-0.1, -0.05) is 42.1 Å². The van der Waals surface area contributed by atoms with Crippen molar-refractivity contribution in [1.82, 2.24) is 14.8 Å². The van der Waals surface area contributed by atoms with E-state index in [9.17, 15) is 14.9 Å². The first-order chi connectivity index (χ1) is 14.1. The van der Waals surface area contributed by atoms with Crippen molar-refractivity contribution >= 4 is 40.3 Å². The van der Waals surface area contributed by atoms with Gasteiger partial charge in [0.1, 0.15) is 12.1 Å². The van der Waals surface area contributed by atoms with Crippen molar-refractivity contribution in [2.24, 2.45) is 0 Å². The second-order valence-corrected chi connectivity index (χ2v) is 7.04. The Kier molecular flexibility index (Phi) is 5.25. The Balaban J connectivity index is 1.40. The number of nitrogens with one attached hydrogen (secondary N) is 1. The quantitative estimate of drug-likeness (QED) is 0.280. The first-order valence-corrected chi connectivity index (χ1v) is 9.60. The van der Waals surface area contributed by atoms with E-state index in [1.807, 2.05) is 30.3 Å². The average Bonchev–Trinajstić information content (AvgIpc) is 3.33. The van der Waals surface area contributed by atoms with Gasteiger partial charge in [-0.25, -0.2) is 4.98 Å². The monoisotopic (exact) mass is 409 g/mol. The molecular weight excluding hydrogens is 394 g/mol. The minimum atomic E-state index is -0.611. The Morgan fingerprint density at radius 2 is 2.03 bits per heavy atom. The predicted molar refractivity (Wildman–Crippen MR) is 108 cm³/mol. The predicted octanol–water partition coefficient (Wildman–Crippen LogP) is 3.86. The molecule has 4 aromatic rings. The lowest BCUT2D eigenvalue weighted by Gasteiger charge is -2.03. The minimum absolute atomic E-state index is 0.136. The van der Waals surface area contributed by atoms with Crippen molar-refractivity contribution in [3.63, 3.8) is 0 Å². The summed E-state index contributed by atoms with van der Waals surface area (Å²) in [6, 6.07) is 16.4. The van der Waals surface area contributed by atoms with E-state index in [0.29, 0.717) is 22.0 Å². The Morgan fingerprint density at radius 3 is 2.79 bits per heavy atom. The number of fused-ring (bicyclic) bond motifs is 1. The molecule has 0 atom stereocenters. The molecule has 0 radical (unpaired) electrons. The minimum Gasteiger partial charge on any atom is -0.431 e. The van der Waals surface area contributed by atoms with Gasteiger partial charge in [0, 0.05) is 11.4 Å². The Hall–Kier alpha value is -3.66. The van der Waals surface area contributed by atoms with Crippen LogP contribution in [-0.4, -0.2) is 25.6 Å². The number of hydrogen-bond donors (Lipinski definition) is 1. The van der Waals surface area contributed by atoms with Crippen LogP contribution in [0.5, 0.6) is 0 Å². The van der Waals surface area contributed by atoms with Crippen molar-refractivity contribution in [2.75, 3.05) is 5.32 Å². The molecule has 2 heterocycles. The fourth-order valence-electron chi connectivity index (χ4n) is 2.65. The highest BCUT2D eigenvalue weighted by Gasteiger charge is 2.14. The number of thioether (sulfide) groups is 1. The third-order valence-electron chi connectivity index (χ3n) is 3.98. The molecule has 29 heavy (non-hydrogen) atoms. The molecule has 0 aliphatic rings. The molecule has 9 nitrogen and oxygen atoms in total. The number of nitro groups is 1. The maximum atomic E-state index is 12.2. The van der Waals surface area contributed by atoms with Gasteiger partial charge >= 0.3 is 5.82 Å². The van der Waals surface area contributed by atoms with Gasteiger partial charge in [0.25, 0.3) is 5.22 Å². The molecule has 2 aromatic heterocycles. The molecule has 0 spiro atoms. The van der Waals surface area contributed by atoms with E-state index < -0.39 is 4.92 Å². The first kappa shape index (κ1) is 18.7. The smallest absolute Gasteiger partial charge is 0.389 e. The van der Waals surface area contributed by atoms with Crippen molar-refractivity contribution in [1.29, 1.82) is 0 Å². The lowest BCUT2D eigenvalue weighted by Crippen LogP contribution is -2.19. The van der Waals surface area contributed by atoms with E-state index >= 15 is 0 Å². The number of aromatic nitrogens is 3. The number of oxazole rings is 1. The molecule has 0 aliphatic carbocycles. The summed E-state index contributed by atoms with van der Waals surface area (Å²) in [5, 5.41) is 17.7. The summed E-state index contributed by atoms with van der Waals surface area (Å²) in [5.41, 5.74) is 2.98. The number of nitrogens with zero attached hydrogens (tertiary/aromatic N) is 4. The van der Waals surface area contributed by atoms with Crippen LogP contribution in [0.2, 0.25) is 0 Å². The van der Waals surface area contributed by atoms with Crippen molar-refractivity contribution in [3.05, 3.63) is 76.5 Å². The second-order valence-electron chi connectivity index (χ2n) is 6.11. The van der Waals surface area contributed by atoms with E-state index in [4.69, 9.17) is 4.42 Å². The van der Waals surface area contributed by atoms with Crippen LogP contribution in [0.15, 0.2) is 70.4 Å².